The first kappa shape index (κ1) is 20.9. The summed E-state index contributed by atoms with van der Waals surface area (Å²) in [5.74, 6) is 0.344. The number of hydrogen-bond donors (Lipinski definition) is 1. The van der Waals surface area contributed by atoms with Gasteiger partial charge < -0.3 is 15.1 Å². The van der Waals surface area contributed by atoms with Crippen LogP contribution in [0.2, 0.25) is 0 Å². The molecule has 0 aromatic carbocycles. The highest BCUT2D eigenvalue weighted by Crippen LogP contribution is 2.20. The molecule has 3 amide bonds. The van der Waals surface area contributed by atoms with Crippen molar-refractivity contribution in [2.45, 2.75) is 32.1 Å². The Morgan fingerprint density at radius 1 is 1.06 bits per heavy atom. The van der Waals surface area contributed by atoms with Gasteiger partial charge in [0.25, 0.3) is 5.91 Å². The zero-order chi connectivity index (χ0) is 21.6. The fourth-order valence-electron chi connectivity index (χ4n) is 3.95. The van der Waals surface area contributed by atoms with Crippen LogP contribution in [-0.4, -0.2) is 75.2 Å². The molecule has 31 heavy (non-hydrogen) atoms. The Balaban J connectivity index is 1.32. The van der Waals surface area contributed by atoms with Gasteiger partial charge in [-0.2, -0.15) is 0 Å². The minimum atomic E-state index is -0.216. The monoisotopic (exact) mass is 422 g/mol. The zero-order valence-electron chi connectivity index (χ0n) is 17.4. The summed E-state index contributed by atoms with van der Waals surface area (Å²) < 4.78 is 0. The highest BCUT2D eigenvalue weighted by molar-refractivity contribution is 5.97. The van der Waals surface area contributed by atoms with Crippen LogP contribution < -0.4 is 5.32 Å². The van der Waals surface area contributed by atoms with E-state index in [0.29, 0.717) is 56.0 Å². The smallest absolute Gasteiger partial charge is 0.257 e. The first-order valence-corrected chi connectivity index (χ1v) is 10.7. The highest BCUT2D eigenvalue weighted by atomic mass is 16.2. The lowest BCUT2D eigenvalue weighted by Crippen LogP contribution is -2.41. The number of fused-ring (bicyclic) bond motifs is 1. The van der Waals surface area contributed by atoms with Gasteiger partial charge in [-0.25, -0.2) is 9.97 Å². The molecule has 0 aliphatic carbocycles. The Morgan fingerprint density at radius 2 is 1.84 bits per heavy atom. The third-order valence-corrected chi connectivity index (χ3v) is 5.60. The van der Waals surface area contributed by atoms with Crippen LogP contribution in [0.4, 0.5) is 0 Å². The SMILES string of the molecule is O=C(CN1CCCc2nc(-c3ccncc3)ncc2C1=O)NCCCN1CCCC1=O. The number of carbonyl (C=O) groups excluding carboxylic acids is 3. The van der Waals surface area contributed by atoms with Gasteiger partial charge in [-0.05, 0) is 37.8 Å². The number of likely N-dealkylation sites (tertiary alicyclic amines) is 1. The molecule has 2 aliphatic rings. The molecule has 9 nitrogen and oxygen atoms in total. The van der Waals surface area contributed by atoms with Gasteiger partial charge in [0.1, 0.15) is 0 Å². The van der Waals surface area contributed by atoms with Gasteiger partial charge in [-0.15, -0.1) is 0 Å². The standard InChI is InChI=1S/C22H26N6O3/c29-19(24-8-3-13-27-11-2-5-20(27)30)15-28-12-1-4-18-17(22(28)31)14-25-21(26-18)16-6-9-23-10-7-16/h6-7,9-10,14H,1-5,8,11-13,15H2,(H,24,29). The summed E-state index contributed by atoms with van der Waals surface area (Å²) in [4.78, 5) is 53.3. The van der Waals surface area contributed by atoms with Crippen molar-refractivity contribution < 1.29 is 14.4 Å². The molecule has 0 unspecified atom stereocenters. The van der Waals surface area contributed by atoms with Crippen molar-refractivity contribution in [3.05, 3.63) is 42.0 Å². The van der Waals surface area contributed by atoms with Gasteiger partial charge in [-0.3, -0.25) is 19.4 Å². The predicted octanol–water partition coefficient (Wildman–Crippen LogP) is 1.06. The summed E-state index contributed by atoms with van der Waals surface area (Å²) in [6, 6.07) is 3.66. The number of hydrogen-bond acceptors (Lipinski definition) is 6. The van der Waals surface area contributed by atoms with Crippen molar-refractivity contribution in [1.29, 1.82) is 0 Å². The Kier molecular flexibility index (Phi) is 6.49. The second-order valence-electron chi connectivity index (χ2n) is 7.81. The number of nitrogens with one attached hydrogen (secondary N) is 1. The van der Waals surface area contributed by atoms with Gasteiger partial charge in [0.2, 0.25) is 11.8 Å². The van der Waals surface area contributed by atoms with Crippen molar-refractivity contribution in [3.63, 3.8) is 0 Å². The number of carbonyl (C=O) groups is 3. The van der Waals surface area contributed by atoms with Crippen molar-refractivity contribution >= 4 is 17.7 Å². The summed E-state index contributed by atoms with van der Waals surface area (Å²) in [7, 11) is 0. The molecule has 1 fully saturated rings. The number of rotatable bonds is 7. The largest absolute Gasteiger partial charge is 0.354 e. The second-order valence-corrected chi connectivity index (χ2v) is 7.81. The van der Waals surface area contributed by atoms with E-state index in [9.17, 15) is 14.4 Å². The summed E-state index contributed by atoms with van der Waals surface area (Å²) in [6.07, 6.45) is 8.55. The second kappa shape index (κ2) is 9.63. The van der Waals surface area contributed by atoms with Crippen molar-refractivity contribution in [1.82, 2.24) is 30.1 Å². The lowest BCUT2D eigenvalue weighted by Gasteiger charge is -2.20. The quantitative estimate of drug-likeness (QED) is 0.669. The van der Waals surface area contributed by atoms with Gasteiger partial charge >= 0.3 is 0 Å². The van der Waals surface area contributed by atoms with E-state index in [4.69, 9.17) is 0 Å². The van der Waals surface area contributed by atoms with E-state index in [1.165, 1.54) is 0 Å². The fraction of sp³-hybridized carbons (Fsp3) is 0.455. The van der Waals surface area contributed by atoms with E-state index in [1.807, 2.05) is 17.0 Å². The topological polar surface area (TPSA) is 108 Å². The number of aromatic nitrogens is 3. The van der Waals surface area contributed by atoms with Crippen LogP contribution in [0.3, 0.4) is 0 Å². The first-order chi connectivity index (χ1) is 15.1. The third-order valence-electron chi connectivity index (χ3n) is 5.60. The minimum Gasteiger partial charge on any atom is -0.354 e. The van der Waals surface area contributed by atoms with Crippen LogP contribution in [0.1, 0.15) is 41.7 Å². The molecular formula is C22H26N6O3. The number of amides is 3. The minimum absolute atomic E-state index is 0.00697. The van der Waals surface area contributed by atoms with E-state index in [1.54, 1.807) is 23.5 Å². The Labute approximate surface area is 180 Å². The Bertz CT molecular complexity index is 965. The van der Waals surface area contributed by atoms with Crippen LogP contribution in [0.25, 0.3) is 11.4 Å². The summed E-state index contributed by atoms with van der Waals surface area (Å²) in [6.45, 7) is 2.45. The van der Waals surface area contributed by atoms with Crippen LogP contribution >= 0.6 is 0 Å². The molecule has 0 atom stereocenters. The van der Waals surface area contributed by atoms with E-state index < -0.39 is 0 Å². The molecule has 1 saturated heterocycles. The maximum atomic E-state index is 13.0. The third kappa shape index (κ3) is 5.04. The van der Waals surface area contributed by atoms with Crippen molar-refractivity contribution in [2.75, 3.05) is 32.7 Å². The van der Waals surface area contributed by atoms with Crippen molar-refractivity contribution in [2.24, 2.45) is 0 Å². The van der Waals surface area contributed by atoms with Gasteiger partial charge in [-0.1, -0.05) is 0 Å². The maximum absolute atomic E-state index is 13.0. The van der Waals surface area contributed by atoms with Crippen LogP contribution in [0.5, 0.6) is 0 Å². The normalized spacial score (nSPS) is 16.3. The Hall–Kier alpha value is -3.36. The van der Waals surface area contributed by atoms with Gasteiger partial charge in [0.15, 0.2) is 5.82 Å². The summed E-state index contributed by atoms with van der Waals surface area (Å²) in [5, 5.41) is 2.86. The van der Waals surface area contributed by atoms with E-state index in [2.05, 4.69) is 20.3 Å². The Morgan fingerprint density at radius 3 is 2.61 bits per heavy atom. The average molecular weight is 422 g/mol. The lowest BCUT2D eigenvalue weighted by atomic mass is 10.1. The first-order valence-electron chi connectivity index (χ1n) is 10.7. The molecule has 162 valence electrons. The number of aryl methyl sites for hydroxylation is 1. The molecule has 2 aromatic rings. The molecule has 0 bridgehead atoms. The zero-order valence-corrected chi connectivity index (χ0v) is 17.4. The summed E-state index contributed by atoms with van der Waals surface area (Å²) in [5.41, 5.74) is 2.02. The van der Waals surface area contributed by atoms with Crippen LogP contribution in [0, 0.1) is 0 Å². The van der Waals surface area contributed by atoms with Crippen molar-refractivity contribution in [3.8, 4) is 11.4 Å². The van der Waals surface area contributed by atoms with Crippen LogP contribution in [0.15, 0.2) is 30.7 Å². The molecule has 2 aromatic heterocycles. The molecular weight excluding hydrogens is 396 g/mol. The molecule has 0 saturated carbocycles. The maximum Gasteiger partial charge on any atom is 0.257 e. The van der Waals surface area contributed by atoms with Crippen LogP contribution in [-0.2, 0) is 16.0 Å². The molecule has 1 N–H and O–H groups in total. The number of nitrogens with zero attached hydrogens (tertiary/aromatic N) is 5. The summed E-state index contributed by atoms with van der Waals surface area (Å²) >= 11 is 0. The molecule has 0 spiro atoms. The molecule has 4 heterocycles. The predicted molar refractivity (Wildman–Crippen MR) is 113 cm³/mol. The van der Waals surface area contributed by atoms with E-state index >= 15 is 0 Å². The molecule has 2 aliphatic heterocycles. The van der Waals surface area contributed by atoms with E-state index in [0.717, 1.165) is 24.9 Å². The molecule has 0 radical (unpaired) electrons. The number of pyridine rings is 1. The fourth-order valence-corrected chi connectivity index (χ4v) is 3.95. The molecule has 9 heteroatoms. The van der Waals surface area contributed by atoms with Gasteiger partial charge in [0, 0.05) is 56.8 Å². The highest BCUT2D eigenvalue weighted by Gasteiger charge is 2.26. The van der Waals surface area contributed by atoms with Gasteiger partial charge in [0.05, 0.1) is 17.8 Å². The average Bonchev–Trinajstić information content (AvgIpc) is 3.13. The van der Waals surface area contributed by atoms with E-state index in [-0.39, 0.29) is 24.3 Å². The molecule has 4 rings (SSSR count). The lowest BCUT2D eigenvalue weighted by molar-refractivity contribution is -0.127.